The zero-order valence-electron chi connectivity index (χ0n) is 17.5. The summed E-state index contributed by atoms with van der Waals surface area (Å²) in [7, 11) is 2.89. The largest absolute Gasteiger partial charge is 0.493 e. The molecule has 1 aliphatic heterocycles. The molecule has 0 radical (unpaired) electrons. The number of amides is 1. The molecule has 0 bridgehead atoms. The standard InChI is InChI=1S/C23H23NO5S2/c1-15-6-4-5-7-17(15)14-29-18-9-8-16(12-19(18)27-2)13-20-22(26)24(23(30)31-20)11-10-21(25)28-3/h4-9,12-13H,10-11,14H2,1-3H3/b20-13-. The summed E-state index contributed by atoms with van der Waals surface area (Å²) in [6.07, 6.45) is 1.85. The van der Waals surface area contributed by atoms with E-state index < -0.39 is 0 Å². The molecule has 1 saturated heterocycles. The van der Waals surface area contributed by atoms with E-state index in [2.05, 4.69) is 4.74 Å². The third kappa shape index (κ3) is 5.65. The molecule has 1 aliphatic rings. The maximum Gasteiger partial charge on any atom is 0.307 e. The van der Waals surface area contributed by atoms with Gasteiger partial charge in [-0.05, 0) is 41.8 Å². The predicted molar refractivity (Wildman–Crippen MR) is 125 cm³/mol. The van der Waals surface area contributed by atoms with Gasteiger partial charge in [-0.15, -0.1) is 0 Å². The van der Waals surface area contributed by atoms with Gasteiger partial charge >= 0.3 is 5.97 Å². The van der Waals surface area contributed by atoms with Crippen molar-refractivity contribution in [3.05, 3.63) is 64.1 Å². The van der Waals surface area contributed by atoms with Crippen molar-refractivity contribution in [2.75, 3.05) is 20.8 Å². The maximum absolute atomic E-state index is 12.7. The Labute approximate surface area is 191 Å². The van der Waals surface area contributed by atoms with Crippen LogP contribution in [0.1, 0.15) is 23.1 Å². The van der Waals surface area contributed by atoms with Gasteiger partial charge in [-0.1, -0.05) is 54.3 Å². The van der Waals surface area contributed by atoms with E-state index in [-0.39, 0.29) is 24.8 Å². The highest BCUT2D eigenvalue weighted by Gasteiger charge is 2.32. The van der Waals surface area contributed by atoms with Crippen molar-refractivity contribution in [1.29, 1.82) is 0 Å². The summed E-state index contributed by atoms with van der Waals surface area (Å²) in [6.45, 7) is 2.67. The summed E-state index contributed by atoms with van der Waals surface area (Å²) in [5.74, 6) is 0.582. The molecule has 3 rings (SSSR count). The van der Waals surface area contributed by atoms with E-state index in [1.165, 1.54) is 23.8 Å². The third-order valence-corrected chi connectivity index (χ3v) is 6.15. The number of thioether (sulfide) groups is 1. The summed E-state index contributed by atoms with van der Waals surface area (Å²) in [6, 6.07) is 13.5. The normalized spacial score (nSPS) is 14.8. The second-order valence-electron chi connectivity index (χ2n) is 6.78. The van der Waals surface area contributed by atoms with Crippen molar-refractivity contribution < 1.29 is 23.8 Å². The quantitative estimate of drug-likeness (QED) is 0.332. The van der Waals surface area contributed by atoms with Gasteiger partial charge in [0, 0.05) is 6.54 Å². The first-order valence-corrected chi connectivity index (χ1v) is 10.8. The lowest BCUT2D eigenvalue weighted by atomic mass is 10.1. The first kappa shape index (κ1) is 22.8. The highest BCUT2D eigenvalue weighted by molar-refractivity contribution is 8.26. The smallest absolute Gasteiger partial charge is 0.307 e. The summed E-state index contributed by atoms with van der Waals surface area (Å²) in [5, 5.41) is 0. The first-order valence-electron chi connectivity index (χ1n) is 9.60. The lowest BCUT2D eigenvalue weighted by molar-refractivity contribution is -0.140. The topological polar surface area (TPSA) is 65.1 Å². The van der Waals surface area contributed by atoms with Gasteiger partial charge in [0.1, 0.15) is 10.9 Å². The van der Waals surface area contributed by atoms with Gasteiger partial charge < -0.3 is 14.2 Å². The number of thiocarbonyl (C=S) groups is 1. The Hall–Kier alpha value is -2.84. The molecule has 0 N–H and O–H groups in total. The van der Waals surface area contributed by atoms with Crippen LogP contribution in [0.25, 0.3) is 6.08 Å². The van der Waals surface area contributed by atoms with Gasteiger partial charge in [0.15, 0.2) is 11.5 Å². The highest BCUT2D eigenvalue weighted by atomic mass is 32.2. The third-order valence-electron chi connectivity index (χ3n) is 4.77. The molecule has 0 saturated carbocycles. The average Bonchev–Trinajstić information content (AvgIpc) is 3.04. The van der Waals surface area contributed by atoms with Crippen molar-refractivity contribution in [3.63, 3.8) is 0 Å². The van der Waals surface area contributed by atoms with Crippen molar-refractivity contribution in [3.8, 4) is 11.5 Å². The number of rotatable bonds is 8. The molecular formula is C23H23NO5S2. The van der Waals surface area contributed by atoms with E-state index in [9.17, 15) is 9.59 Å². The molecule has 0 aliphatic carbocycles. The summed E-state index contributed by atoms with van der Waals surface area (Å²) < 4.78 is 16.5. The molecule has 2 aromatic carbocycles. The summed E-state index contributed by atoms with van der Waals surface area (Å²) >= 11 is 6.50. The Morgan fingerprint density at radius 2 is 1.94 bits per heavy atom. The SMILES string of the molecule is COC(=O)CCN1C(=O)/C(=C/c2ccc(OCc3ccccc3C)c(OC)c2)SC1=S. The molecular weight excluding hydrogens is 434 g/mol. The number of hydrogen-bond donors (Lipinski definition) is 0. The molecule has 1 heterocycles. The van der Waals surface area contributed by atoms with E-state index in [1.54, 1.807) is 13.2 Å². The molecule has 0 aromatic heterocycles. The lowest BCUT2D eigenvalue weighted by Gasteiger charge is -2.13. The lowest BCUT2D eigenvalue weighted by Crippen LogP contribution is -2.30. The van der Waals surface area contributed by atoms with Crippen LogP contribution >= 0.6 is 24.0 Å². The Bertz CT molecular complexity index is 1030. The van der Waals surface area contributed by atoms with Crippen LogP contribution in [0, 0.1) is 6.92 Å². The number of carbonyl (C=O) groups excluding carboxylic acids is 2. The fraction of sp³-hybridized carbons (Fsp3) is 0.261. The second-order valence-corrected chi connectivity index (χ2v) is 8.46. The maximum atomic E-state index is 12.7. The monoisotopic (exact) mass is 457 g/mol. The molecule has 31 heavy (non-hydrogen) atoms. The predicted octanol–water partition coefficient (Wildman–Crippen LogP) is 4.35. The molecule has 162 valence electrons. The average molecular weight is 458 g/mol. The second kappa shape index (κ2) is 10.5. The number of methoxy groups -OCH3 is 2. The van der Waals surface area contributed by atoms with Gasteiger partial charge in [0.2, 0.25) is 0 Å². The number of aryl methyl sites for hydroxylation is 1. The molecule has 1 fully saturated rings. The Morgan fingerprint density at radius 3 is 2.65 bits per heavy atom. The van der Waals surface area contributed by atoms with Crippen molar-refractivity contribution in [1.82, 2.24) is 4.90 Å². The van der Waals surface area contributed by atoms with Gasteiger partial charge in [0.25, 0.3) is 5.91 Å². The van der Waals surface area contributed by atoms with Crippen LogP contribution in [0.3, 0.4) is 0 Å². The van der Waals surface area contributed by atoms with Gasteiger partial charge in [-0.2, -0.15) is 0 Å². The minimum absolute atomic E-state index is 0.0942. The zero-order valence-corrected chi connectivity index (χ0v) is 19.2. The van der Waals surface area contributed by atoms with E-state index >= 15 is 0 Å². The van der Waals surface area contributed by atoms with Crippen LogP contribution in [0.5, 0.6) is 11.5 Å². The fourth-order valence-corrected chi connectivity index (χ4v) is 4.28. The molecule has 6 nitrogen and oxygen atoms in total. The number of benzene rings is 2. The Balaban J connectivity index is 1.72. The number of carbonyl (C=O) groups is 2. The van der Waals surface area contributed by atoms with Gasteiger partial charge in [0.05, 0.1) is 25.5 Å². The van der Waals surface area contributed by atoms with E-state index in [1.807, 2.05) is 49.4 Å². The molecule has 0 atom stereocenters. The first-order chi connectivity index (χ1) is 14.9. The zero-order chi connectivity index (χ0) is 22.4. The fourth-order valence-electron chi connectivity index (χ4n) is 2.97. The number of ether oxygens (including phenoxy) is 3. The molecule has 2 aromatic rings. The molecule has 0 spiro atoms. The van der Waals surface area contributed by atoms with Crippen molar-refractivity contribution in [2.24, 2.45) is 0 Å². The van der Waals surface area contributed by atoms with Crippen LogP contribution in [0.15, 0.2) is 47.4 Å². The summed E-state index contributed by atoms with van der Waals surface area (Å²) in [5.41, 5.74) is 3.05. The van der Waals surface area contributed by atoms with E-state index in [0.29, 0.717) is 27.3 Å². The van der Waals surface area contributed by atoms with Crippen molar-refractivity contribution >= 4 is 46.3 Å². The van der Waals surface area contributed by atoms with Crippen LogP contribution < -0.4 is 9.47 Å². The molecule has 0 unspecified atom stereocenters. The van der Waals surface area contributed by atoms with E-state index in [0.717, 1.165) is 16.7 Å². The van der Waals surface area contributed by atoms with Crippen LogP contribution in [-0.2, 0) is 20.9 Å². The van der Waals surface area contributed by atoms with Gasteiger partial charge in [-0.3, -0.25) is 14.5 Å². The number of hydrogen-bond acceptors (Lipinski definition) is 7. The molecule has 1 amide bonds. The van der Waals surface area contributed by atoms with E-state index in [4.69, 9.17) is 21.7 Å². The van der Waals surface area contributed by atoms with Crippen molar-refractivity contribution in [2.45, 2.75) is 20.0 Å². The minimum atomic E-state index is -0.385. The summed E-state index contributed by atoms with van der Waals surface area (Å²) in [4.78, 5) is 26.0. The van der Waals surface area contributed by atoms with Crippen LogP contribution in [0.2, 0.25) is 0 Å². The molecule has 8 heteroatoms. The highest BCUT2D eigenvalue weighted by Crippen LogP contribution is 2.35. The minimum Gasteiger partial charge on any atom is -0.493 e. The van der Waals surface area contributed by atoms with Crippen LogP contribution in [-0.4, -0.2) is 41.9 Å². The Kier molecular flexibility index (Phi) is 7.70. The Morgan fingerprint density at radius 1 is 1.16 bits per heavy atom. The number of nitrogens with zero attached hydrogens (tertiary/aromatic N) is 1. The van der Waals surface area contributed by atoms with Gasteiger partial charge in [-0.25, -0.2) is 0 Å². The number of esters is 1. The van der Waals surface area contributed by atoms with Crippen LogP contribution in [0.4, 0.5) is 0 Å².